The van der Waals surface area contributed by atoms with E-state index in [-0.39, 0.29) is 11.9 Å². The van der Waals surface area contributed by atoms with Crippen molar-refractivity contribution in [2.45, 2.75) is 33.6 Å². The van der Waals surface area contributed by atoms with Crippen molar-refractivity contribution in [3.8, 4) is 5.75 Å². The van der Waals surface area contributed by atoms with Crippen LogP contribution in [0.25, 0.3) is 0 Å². The van der Waals surface area contributed by atoms with Crippen LogP contribution in [0.1, 0.15) is 44.0 Å². The number of urea groups is 1. The van der Waals surface area contributed by atoms with Gasteiger partial charge in [-0.05, 0) is 68.1 Å². The third-order valence-electron chi connectivity index (χ3n) is 5.04. The Morgan fingerprint density at radius 2 is 1.65 bits per heavy atom. The second-order valence-electron chi connectivity index (χ2n) is 8.07. The van der Waals surface area contributed by atoms with Crippen LogP contribution in [0, 0.1) is 5.92 Å². The van der Waals surface area contributed by atoms with Gasteiger partial charge >= 0.3 is 6.03 Å². The number of hydrogen-bond acceptors (Lipinski definition) is 4. The van der Waals surface area contributed by atoms with Crippen molar-refractivity contribution in [1.82, 2.24) is 5.32 Å². The summed E-state index contributed by atoms with van der Waals surface area (Å²) < 4.78 is 5.41. The third kappa shape index (κ3) is 6.38. The third-order valence-corrected chi connectivity index (χ3v) is 5.04. The molecule has 0 aromatic heterocycles. The molecule has 3 amide bonds. The molecule has 0 aliphatic carbocycles. The van der Waals surface area contributed by atoms with Gasteiger partial charge in [0.05, 0.1) is 12.2 Å². The number of amides is 3. The van der Waals surface area contributed by atoms with Crippen LogP contribution in [-0.2, 0) is 0 Å². The molecule has 1 aliphatic rings. The van der Waals surface area contributed by atoms with Gasteiger partial charge in [-0.1, -0.05) is 13.8 Å². The van der Waals surface area contributed by atoms with Crippen LogP contribution < -0.4 is 25.6 Å². The van der Waals surface area contributed by atoms with Crippen LogP contribution in [0.4, 0.5) is 21.9 Å². The van der Waals surface area contributed by atoms with E-state index in [1.807, 2.05) is 19.1 Å². The number of nitrogens with zero attached hydrogens (tertiary/aromatic N) is 1. The molecule has 0 saturated carbocycles. The lowest BCUT2D eigenvalue weighted by molar-refractivity contribution is 0.0949. The summed E-state index contributed by atoms with van der Waals surface area (Å²) in [6.07, 6.45) is 2.25. The minimum atomic E-state index is -0.369. The van der Waals surface area contributed by atoms with E-state index in [2.05, 4.69) is 34.7 Å². The Kier molecular flexibility index (Phi) is 7.76. The average molecular weight is 425 g/mol. The van der Waals surface area contributed by atoms with E-state index in [9.17, 15) is 9.59 Å². The number of ether oxygens (including phenoxy) is 1. The summed E-state index contributed by atoms with van der Waals surface area (Å²) in [7, 11) is 0. The number of hydrogen-bond donors (Lipinski definition) is 3. The number of rotatable bonds is 8. The predicted molar refractivity (Wildman–Crippen MR) is 125 cm³/mol. The Balaban J connectivity index is 1.71. The summed E-state index contributed by atoms with van der Waals surface area (Å²) in [4.78, 5) is 27.6. The Labute approximate surface area is 184 Å². The summed E-state index contributed by atoms with van der Waals surface area (Å²) in [5, 5.41) is 8.62. The zero-order valence-corrected chi connectivity index (χ0v) is 18.5. The lowest BCUT2D eigenvalue weighted by atomic mass is 10.1. The molecule has 0 unspecified atom stereocenters. The van der Waals surface area contributed by atoms with Crippen molar-refractivity contribution < 1.29 is 14.3 Å². The highest BCUT2D eigenvalue weighted by molar-refractivity contribution is 6.04. The molecule has 3 N–H and O–H groups in total. The maximum atomic E-state index is 12.9. The van der Waals surface area contributed by atoms with E-state index in [0.29, 0.717) is 36.0 Å². The number of benzene rings is 2. The van der Waals surface area contributed by atoms with Crippen LogP contribution in [0.2, 0.25) is 0 Å². The molecule has 2 aromatic carbocycles. The molecule has 0 atom stereocenters. The highest BCUT2D eigenvalue weighted by atomic mass is 16.5. The fourth-order valence-corrected chi connectivity index (χ4v) is 3.52. The SMILES string of the molecule is CCOc1ccc(NC(=O)Nc2ccc(N3CCCC3)c(C(=O)NCC(C)C)c2)cc1. The summed E-state index contributed by atoms with van der Waals surface area (Å²) in [6, 6.07) is 12.3. The minimum Gasteiger partial charge on any atom is -0.494 e. The van der Waals surface area contributed by atoms with Gasteiger partial charge in [0.1, 0.15) is 5.75 Å². The van der Waals surface area contributed by atoms with Crippen LogP contribution in [0.15, 0.2) is 42.5 Å². The fourth-order valence-electron chi connectivity index (χ4n) is 3.52. The summed E-state index contributed by atoms with van der Waals surface area (Å²) in [6.45, 7) is 9.12. The van der Waals surface area contributed by atoms with Gasteiger partial charge in [0.15, 0.2) is 0 Å². The van der Waals surface area contributed by atoms with Crippen LogP contribution in [-0.4, -0.2) is 38.2 Å². The van der Waals surface area contributed by atoms with Crippen LogP contribution in [0.5, 0.6) is 5.75 Å². The Morgan fingerprint density at radius 1 is 1.00 bits per heavy atom. The minimum absolute atomic E-state index is 0.119. The van der Waals surface area contributed by atoms with E-state index in [1.165, 1.54) is 0 Å². The monoisotopic (exact) mass is 424 g/mol. The molecule has 166 valence electrons. The molecule has 1 saturated heterocycles. The second kappa shape index (κ2) is 10.7. The summed E-state index contributed by atoms with van der Waals surface area (Å²) >= 11 is 0. The van der Waals surface area contributed by atoms with E-state index in [1.54, 1.807) is 30.3 Å². The van der Waals surface area contributed by atoms with Crippen LogP contribution >= 0.6 is 0 Å². The number of carbonyl (C=O) groups excluding carboxylic acids is 2. The van der Waals surface area contributed by atoms with Gasteiger partial charge in [-0.25, -0.2) is 4.79 Å². The standard InChI is InChI=1S/C24H32N4O3/c1-4-31-20-10-7-18(8-11-20)26-24(30)27-19-9-12-22(28-13-5-6-14-28)21(15-19)23(29)25-16-17(2)3/h7-12,15,17H,4-6,13-14,16H2,1-3H3,(H,25,29)(H2,26,27,30). The largest absolute Gasteiger partial charge is 0.494 e. The fraction of sp³-hybridized carbons (Fsp3) is 0.417. The van der Waals surface area contributed by atoms with Gasteiger partial charge in [-0.2, -0.15) is 0 Å². The van der Waals surface area contributed by atoms with E-state index >= 15 is 0 Å². The molecule has 7 nitrogen and oxygen atoms in total. The summed E-state index contributed by atoms with van der Waals surface area (Å²) in [5.41, 5.74) is 2.73. The van der Waals surface area contributed by atoms with Crippen molar-refractivity contribution in [2.24, 2.45) is 5.92 Å². The summed E-state index contributed by atoms with van der Waals surface area (Å²) in [5.74, 6) is 0.995. The maximum absolute atomic E-state index is 12.9. The van der Waals surface area contributed by atoms with E-state index in [0.717, 1.165) is 37.4 Å². The molecule has 3 rings (SSSR count). The topological polar surface area (TPSA) is 82.7 Å². The Morgan fingerprint density at radius 3 is 2.29 bits per heavy atom. The molecule has 1 aliphatic heterocycles. The maximum Gasteiger partial charge on any atom is 0.323 e. The van der Waals surface area contributed by atoms with Gasteiger partial charge in [0.2, 0.25) is 0 Å². The molecule has 0 bridgehead atoms. The predicted octanol–water partition coefficient (Wildman–Crippen LogP) is 4.72. The highest BCUT2D eigenvalue weighted by Gasteiger charge is 2.20. The van der Waals surface area contributed by atoms with Gasteiger partial charge in [-0.15, -0.1) is 0 Å². The first-order chi connectivity index (χ1) is 15.0. The van der Waals surface area contributed by atoms with Crippen molar-refractivity contribution >= 4 is 29.0 Å². The van der Waals surface area contributed by atoms with Gasteiger partial charge < -0.3 is 25.6 Å². The zero-order valence-electron chi connectivity index (χ0n) is 18.5. The smallest absolute Gasteiger partial charge is 0.323 e. The molecule has 0 radical (unpaired) electrons. The second-order valence-corrected chi connectivity index (χ2v) is 8.07. The van der Waals surface area contributed by atoms with E-state index in [4.69, 9.17) is 4.74 Å². The molecule has 1 fully saturated rings. The Hall–Kier alpha value is -3.22. The first kappa shape index (κ1) is 22.5. The molecule has 2 aromatic rings. The average Bonchev–Trinajstić information content (AvgIpc) is 3.28. The zero-order chi connectivity index (χ0) is 22.2. The van der Waals surface area contributed by atoms with Gasteiger partial charge in [0.25, 0.3) is 5.91 Å². The van der Waals surface area contributed by atoms with Crippen LogP contribution in [0.3, 0.4) is 0 Å². The Bertz CT molecular complexity index is 890. The van der Waals surface area contributed by atoms with Crippen molar-refractivity contribution in [1.29, 1.82) is 0 Å². The molecule has 0 spiro atoms. The first-order valence-corrected chi connectivity index (χ1v) is 10.9. The molecule has 31 heavy (non-hydrogen) atoms. The van der Waals surface area contributed by atoms with Gasteiger partial charge in [0, 0.05) is 36.7 Å². The number of carbonyl (C=O) groups is 2. The van der Waals surface area contributed by atoms with Crippen molar-refractivity contribution in [3.05, 3.63) is 48.0 Å². The lowest BCUT2D eigenvalue weighted by Crippen LogP contribution is -2.30. The lowest BCUT2D eigenvalue weighted by Gasteiger charge is -2.22. The van der Waals surface area contributed by atoms with E-state index < -0.39 is 0 Å². The highest BCUT2D eigenvalue weighted by Crippen LogP contribution is 2.28. The molecular weight excluding hydrogens is 392 g/mol. The number of nitrogens with one attached hydrogen (secondary N) is 3. The normalized spacial score (nSPS) is 13.2. The quantitative estimate of drug-likeness (QED) is 0.573. The van der Waals surface area contributed by atoms with Gasteiger partial charge in [-0.3, -0.25) is 4.79 Å². The first-order valence-electron chi connectivity index (χ1n) is 10.9. The van der Waals surface area contributed by atoms with Crippen molar-refractivity contribution in [2.75, 3.05) is 41.8 Å². The molecular formula is C24H32N4O3. The molecule has 7 heteroatoms. The molecule has 1 heterocycles. The van der Waals surface area contributed by atoms with Crippen molar-refractivity contribution in [3.63, 3.8) is 0 Å². The number of anilines is 3.